The third-order valence-corrected chi connectivity index (χ3v) is 3.60. The third kappa shape index (κ3) is 4.52. The van der Waals surface area contributed by atoms with E-state index in [1.54, 1.807) is 0 Å². The second-order valence-corrected chi connectivity index (χ2v) is 4.97. The molecule has 0 aromatic rings. The van der Waals surface area contributed by atoms with Gasteiger partial charge in [-0.2, -0.15) is 0 Å². The van der Waals surface area contributed by atoms with Gasteiger partial charge in [0.05, 0.1) is 0 Å². The lowest BCUT2D eigenvalue weighted by Crippen LogP contribution is -2.38. The molecule has 1 fully saturated rings. The molecule has 0 aromatic carbocycles. The van der Waals surface area contributed by atoms with Crippen LogP contribution in [-0.2, 0) is 4.74 Å². The highest BCUT2D eigenvalue weighted by molar-refractivity contribution is 4.82. The minimum absolute atomic E-state index is 0.728. The summed E-state index contributed by atoms with van der Waals surface area (Å²) in [6.45, 7) is 6.42. The summed E-state index contributed by atoms with van der Waals surface area (Å²) in [6, 6.07) is 0.728. The van der Waals surface area contributed by atoms with Crippen molar-refractivity contribution >= 4 is 0 Å². The van der Waals surface area contributed by atoms with Crippen LogP contribution in [0.1, 0.15) is 46.0 Å². The van der Waals surface area contributed by atoms with E-state index in [1.165, 1.54) is 25.7 Å². The standard InChI is InChI=1S/C13H27NO/c1-4-8-15-9-7-12-10-11(2)5-6-13(12)14-3/h11-14H,4-10H2,1-3H3. The number of rotatable bonds is 6. The molecule has 3 unspecified atom stereocenters. The average Bonchev–Trinajstić information content (AvgIpc) is 2.25. The molecule has 2 heteroatoms. The van der Waals surface area contributed by atoms with Crippen molar-refractivity contribution in [3.05, 3.63) is 0 Å². The average molecular weight is 213 g/mol. The van der Waals surface area contributed by atoms with E-state index in [9.17, 15) is 0 Å². The first-order valence-corrected chi connectivity index (χ1v) is 6.53. The van der Waals surface area contributed by atoms with E-state index in [0.29, 0.717) is 0 Å². The molecule has 1 saturated carbocycles. The molecule has 1 aliphatic rings. The second-order valence-electron chi connectivity index (χ2n) is 4.97. The highest BCUT2D eigenvalue weighted by Crippen LogP contribution is 2.30. The molecule has 0 aromatic heterocycles. The van der Waals surface area contributed by atoms with Gasteiger partial charge in [-0.05, 0) is 51.0 Å². The molecule has 0 spiro atoms. The molecule has 0 saturated heterocycles. The molecule has 0 amide bonds. The van der Waals surface area contributed by atoms with Crippen LogP contribution in [0.4, 0.5) is 0 Å². The van der Waals surface area contributed by atoms with Crippen molar-refractivity contribution in [2.24, 2.45) is 11.8 Å². The molecule has 15 heavy (non-hydrogen) atoms. The smallest absolute Gasteiger partial charge is 0.0469 e. The van der Waals surface area contributed by atoms with Crippen molar-refractivity contribution in [3.8, 4) is 0 Å². The molecule has 90 valence electrons. The summed E-state index contributed by atoms with van der Waals surface area (Å²) in [6.07, 6.45) is 6.47. The van der Waals surface area contributed by atoms with Gasteiger partial charge in [0.2, 0.25) is 0 Å². The predicted molar refractivity (Wildman–Crippen MR) is 65.1 cm³/mol. The van der Waals surface area contributed by atoms with Crippen LogP contribution in [0.2, 0.25) is 0 Å². The van der Waals surface area contributed by atoms with Crippen LogP contribution < -0.4 is 5.32 Å². The Morgan fingerprint density at radius 1 is 1.27 bits per heavy atom. The Morgan fingerprint density at radius 2 is 2.07 bits per heavy atom. The van der Waals surface area contributed by atoms with Crippen LogP contribution in [0, 0.1) is 11.8 Å². The van der Waals surface area contributed by atoms with Gasteiger partial charge in [-0.25, -0.2) is 0 Å². The van der Waals surface area contributed by atoms with Gasteiger partial charge in [-0.1, -0.05) is 13.8 Å². The Hall–Kier alpha value is -0.0800. The van der Waals surface area contributed by atoms with Gasteiger partial charge in [0, 0.05) is 19.3 Å². The van der Waals surface area contributed by atoms with E-state index < -0.39 is 0 Å². The monoisotopic (exact) mass is 213 g/mol. The third-order valence-electron chi connectivity index (χ3n) is 3.60. The van der Waals surface area contributed by atoms with Gasteiger partial charge in [-0.15, -0.1) is 0 Å². The van der Waals surface area contributed by atoms with Gasteiger partial charge >= 0.3 is 0 Å². The number of hydrogen-bond acceptors (Lipinski definition) is 2. The van der Waals surface area contributed by atoms with Gasteiger partial charge in [0.15, 0.2) is 0 Å². The Labute approximate surface area is 94.8 Å². The zero-order valence-electron chi connectivity index (χ0n) is 10.6. The summed E-state index contributed by atoms with van der Waals surface area (Å²) < 4.78 is 5.59. The molecule has 0 heterocycles. The first-order valence-electron chi connectivity index (χ1n) is 6.53. The van der Waals surface area contributed by atoms with Crippen LogP contribution >= 0.6 is 0 Å². The molecule has 0 radical (unpaired) electrons. The summed E-state index contributed by atoms with van der Waals surface area (Å²) in [5.74, 6) is 1.74. The largest absolute Gasteiger partial charge is 0.381 e. The first kappa shape index (κ1) is 13.0. The molecule has 3 atom stereocenters. The van der Waals surface area contributed by atoms with Gasteiger partial charge in [0.25, 0.3) is 0 Å². The fourth-order valence-electron chi connectivity index (χ4n) is 2.68. The lowest BCUT2D eigenvalue weighted by molar-refractivity contribution is 0.0996. The summed E-state index contributed by atoms with van der Waals surface area (Å²) in [4.78, 5) is 0. The first-order chi connectivity index (χ1) is 7.27. The molecule has 1 aliphatic carbocycles. The minimum atomic E-state index is 0.728. The van der Waals surface area contributed by atoms with Crippen LogP contribution in [0.15, 0.2) is 0 Å². The zero-order chi connectivity index (χ0) is 11.1. The Balaban J connectivity index is 2.22. The van der Waals surface area contributed by atoms with Crippen molar-refractivity contribution in [2.75, 3.05) is 20.3 Å². The molecule has 1 rings (SSSR count). The highest BCUT2D eigenvalue weighted by atomic mass is 16.5. The Kier molecular flexibility index (Phi) is 6.26. The maximum atomic E-state index is 5.59. The van der Waals surface area contributed by atoms with E-state index in [1.807, 2.05) is 0 Å². The predicted octanol–water partition coefficient (Wildman–Crippen LogP) is 2.83. The SMILES string of the molecule is CCCOCCC1CC(C)CCC1NC. The Bertz CT molecular complexity index is 161. The van der Waals surface area contributed by atoms with Crippen LogP contribution in [-0.4, -0.2) is 26.3 Å². The molecule has 2 nitrogen and oxygen atoms in total. The fraction of sp³-hybridized carbons (Fsp3) is 1.00. The van der Waals surface area contributed by atoms with Crippen molar-refractivity contribution in [2.45, 2.75) is 52.0 Å². The lowest BCUT2D eigenvalue weighted by Gasteiger charge is -2.34. The van der Waals surface area contributed by atoms with E-state index in [0.717, 1.165) is 37.5 Å². The molecule has 0 bridgehead atoms. The van der Waals surface area contributed by atoms with E-state index in [4.69, 9.17) is 4.74 Å². The van der Waals surface area contributed by atoms with Crippen LogP contribution in [0.5, 0.6) is 0 Å². The maximum absolute atomic E-state index is 5.59. The molecular weight excluding hydrogens is 186 g/mol. The van der Waals surface area contributed by atoms with Crippen LogP contribution in [0.25, 0.3) is 0 Å². The zero-order valence-corrected chi connectivity index (χ0v) is 10.6. The van der Waals surface area contributed by atoms with Gasteiger partial charge < -0.3 is 10.1 Å². The topological polar surface area (TPSA) is 21.3 Å². The van der Waals surface area contributed by atoms with Crippen molar-refractivity contribution < 1.29 is 4.74 Å². The fourth-order valence-corrected chi connectivity index (χ4v) is 2.68. The summed E-state index contributed by atoms with van der Waals surface area (Å²) in [5.41, 5.74) is 0. The number of nitrogens with one attached hydrogen (secondary N) is 1. The molecule has 0 aliphatic heterocycles. The summed E-state index contributed by atoms with van der Waals surface area (Å²) >= 11 is 0. The number of hydrogen-bond donors (Lipinski definition) is 1. The van der Waals surface area contributed by atoms with Crippen molar-refractivity contribution in [1.82, 2.24) is 5.32 Å². The van der Waals surface area contributed by atoms with E-state index in [-0.39, 0.29) is 0 Å². The Morgan fingerprint density at radius 3 is 2.73 bits per heavy atom. The van der Waals surface area contributed by atoms with Crippen LogP contribution in [0.3, 0.4) is 0 Å². The van der Waals surface area contributed by atoms with E-state index in [2.05, 4.69) is 26.2 Å². The van der Waals surface area contributed by atoms with E-state index >= 15 is 0 Å². The lowest BCUT2D eigenvalue weighted by atomic mass is 9.77. The second kappa shape index (κ2) is 7.24. The highest BCUT2D eigenvalue weighted by Gasteiger charge is 2.26. The molecular formula is C13H27NO. The number of ether oxygens (including phenoxy) is 1. The molecule has 1 N–H and O–H groups in total. The van der Waals surface area contributed by atoms with Crippen molar-refractivity contribution in [3.63, 3.8) is 0 Å². The quantitative estimate of drug-likeness (QED) is 0.685. The maximum Gasteiger partial charge on any atom is 0.0469 e. The van der Waals surface area contributed by atoms with Gasteiger partial charge in [-0.3, -0.25) is 0 Å². The van der Waals surface area contributed by atoms with Crippen molar-refractivity contribution in [1.29, 1.82) is 0 Å². The normalized spacial score (nSPS) is 31.8. The summed E-state index contributed by atoms with van der Waals surface area (Å²) in [7, 11) is 2.10. The minimum Gasteiger partial charge on any atom is -0.381 e. The van der Waals surface area contributed by atoms with Gasteiger partial charge in [0.1, 0.15) is 0 Å². The summed E-state index contributed by atoms with van der Waals surface area (Å²) in [5, 5.41) is 3.46.